The molecule has 2 aromatic carbocycles. The minimum Gasteiger partial charge on any atom is -0.372 e. The highest BCUT2D eigenvalue weighted by Gasteiger charge is 2.35. The molecule has 1 heterocycles. The van der Waals surface area contributed by atoms with Crippen molar-refractivity contribution in [2.24, 2.45) is 0 Å². The van der Waals surface area contributed by atoms with Gasteiger partial charge >= 0.3 is 0 Å². The summed E-state index contributed by atoms with van der Waals surface area (Å²) in [4.78, 5) is 29.0. The Morgan fingerprint density at radius 3 is 2.33 bits per heavy atom. The maximum atomic E-state index is 12.7. The van der Waals surface area contributed by atoms with Gasteiger partial charge in [-0.3, -0.25) is 14.5 Å². The van der Waals surface area contributed by atoms with Gasteiger partial charge in [-0.05, 0) is 61.0 Å². The molecule has 4 nitrogen and oxygen atoms in total. The third-order valence-corrected chi connectivity index (χ3v) is 6.16. The van der Waals surface area contributed by atoms with E-state index in [2.05, 4.69) is 34.7 Å². The van der Waals surface area contributed by atoms with Gasteiger partial charge in [0.15, 0.2) is 0 Å². The van der Waals surface area contributed by atoms with Crippen LogP contribution in [0.1, 0.15) is 25.0 Å². The Morgan fingerprint density at radius 2 is 1.70 bits per heavy atom. The molecule has 0 N–H and O–H groups in total. The SMILES string of the molecule is CCN(CC)c1ccc(/C=C2\SC(=O)N(Cc3ccccc3Br)C2=O)cc1. The molecule has 1 fully saturated rings. The zero-order valence-corrected chi connectivity index (χ0v) is 17.7. The van der Waals surface area contributed by atoms with Crippen molar-refractivity contribution in [2.75, 3.05) is 18.0 Å². The van der Waals surface area contributed by atoms with Crippen molar-refractivity contribution in [1.82, 2.24) is 4.90 Å². The monoisotopic (exact) mass is 444 g/mol. The second-order valence-electron chi connectivity index (χ2n) is 6.12. The molecule has 6 heteroatoms. The Balaban J connectivity index is 1.77. The number of anilines is 1. The fourth-order valence-electron chi connectivity index (χ4n) is 2.95. The number of benzene rings is 2. The van der Waals surface area contributed by atoms with Crippen LogP contribution in [0.4, 0.5) is 10.5 Å². The summed E-state index contributed by atoms with van der Waals surface area (Å²) >= 11 is 4.46. The Kier molecular flexibility index (Phi) is 6.39. The largest absolute Gasteiger partial charge is 0.372 e. The lowest BCUT2D eigenvalue weighted by molar-refractivity contribution is -0.123. The normalized spacial score (nSPS) is 15.7. The van der Waals surface area contributed by atoms with Crippen LogP contribution in [0.3, 0.4) is 0 Å². The molecule has 0 atom stereocenters. The Bertz CT molecular complexity index is 876. The third-order valence-electron chi connectivity index (χ3n) is 4.48. The highest BCUT2D eigenvalue weighted by molar-refractivity contribution is 9.10. The number of amides is 2. The molecule has 1 aliphatic rings. The number of carbonyl (C=O) groups is 2. The number of halogens is 1. The van der Waals surface area contributed by atoms with Crippen LogP contribution in [0.15, 0.2) is 57.9 Å². The second kappa shape index (κ2) is 8.76. The number of imide groups is 1. The fourth-order valence-corrected chi connectivity index (χ4v) is 4.20. The van der Waals surface area contributed by atoms with E-state index in [0.29, 0.717) is 4.91 Å². The molecule has 0 spiro atoms. The van der Waals surface area contributed by atoms with E-state index in [4.69, 9.17) is 0 Å². The quantitative estimate of drug-likeness (QED) is 0.548. The van der Waals surface area contributed by atoms with E-state index in [9.17, 15) is 9.59 Å². The number of carbonyl (C=O) groups excluding carboxylic acids is 2. The van der Waals surface area contributed by atoms with Crippen molar-refractivity contribution >= 4 is 50.6 Å². The van der Waals surface area contributed by atoms with E-state index < -0.39 is 0 Å². The molecule has 1 saturated heterocycles. The summed E-state index contributed by atoms with van der Waals surface area (Å²) < 4.78 is 0.889. The number of rotatable bonds is 6. The average molecular weight is 445 g/mol. The average Bonchev–Trinajstić information content (AvgIpc) is 2.93. The lowest BCUT2D eigenvalue weighted by Gasteiger charge is -2.20. The molecule has 140 valence electrons. The first-order valence-corrected chi connectivity index (χ1v) is 10.5. The highest BCUT2D eigenvalue weighted by atomic mass is 79.9. The predicted molar refractivity (Wildman–Crippen MR) is 116 cm³/mol. The van der Waals surface area contributed by atoms with E-state index in [1.165, 1.54) is 4.90 Å². The molecule has 0 unspecified atom stereocenters. The first-order chi connectivity index (χ1) is 13.0. The van der Waals surface area contributed by atoms with Gasteiger partial charge in [-0.2, -0.15) is 0 Å². The Hall–Kier alpha value is -2.05. The third kappa shape index (κ3) is 4.45. The van der Waals surface area contributed by atoms with Gasteiger partial charge in [-0.1, -0.05) is 46.3 Å². The molecule has 3 rings (SSSR count). The van der Waals surface area contributed by atoms with E-state index in [1.54, 1.807) is 6.08 Å². The van der Waals surface area contributed by atoms with Crippen LogP contribution < -0.4 is 4.90 Å². The van der Waals surface area contributed by atoms with Gasteiger partial charge < -0.3 is 4.90 Å². The maximum absolute atomic E-state index is 12.7. The highest BCUT2D eigenvalue weighted by Crippen LogP contribution is 2.34. The van der Waals surface area contributed by atoms with E-state index in [-0.39, 0.29) is 17.7 Å². The molecule has 0 aromatic heterocycles. The summed E-state index contributed by atoms with van der Waals surface area (Å²) in [6, 6.07) is 15.7. The summed E-state index contributed by atoms with van der Waals surface area (Å²) in [7, 11) is 0. The van der Waals surface area contributed by atoms with Crippen LogP contribution in [-0.2, 0) is 11.3 Å². The molecular formula is C21H21BrN2O2S. The van der Waals surface area contributed by atoms with Gasteiger partial charge in [0.1, 0.15) is 0 Å². The van der Waals surface area contributed by atoms with Gasteiger partial charge in [0.2, 0.25) is 0 Å². The molecule has 2 aromatic rings. The van der Waals surface area contributed by atoms with Crippen molar-refractivity contribution in [3.8, 4) is 0 Å². The van der Waals surface area contributed by atoms with Crippen LogP contribution in [0.2, 0.25) is 0 Å². The molecule has 1 aliphatic heterocycles. The molecule has 0 saturated carbocycles. The van der Waals surface area contributed by atoms with Crippen LogP contribution in [0, 0.1) is 0 Å². The minimum absolute atomic E-state index is 0.234. The number of thioether (sulfide) groups is 1. The molecule has 0 bridgehead atoms. The summed E-state index contributed by atoms with van der Waals surface area (Å²) in [6.45, 7) is 6.41. The molecular weight excluding hydrogens is 424 g/mol. The smallest absolute Gasteiger partial charge is 0.293 e. The van der Waals surface area contributed by atoms with Crippen LogP contribution >= 0.6 is 27.7 Å². The molecule has 27 heavy (non-hydrogen) atoms. The van der Waals surface area contributed by atoms with Gasteiger partial charge in [0, 0.05) is 23.2 Å². The first-order valence-electron chi connectivity index (χ1n) is 8.87. The zero-order valence-electron chi connectivity index (χ0n) is 15.3. The van der Waals surface area contributed by atoms with E-state index in [0.717, 1.165) is 46.1 Å². The first kappa shape index (κ1) is 19.7. The lowest BCUT2D eigenvalue weighted by atomic mass is 10.1. The fraction of sp³-hybridized carbons (Fsp3) is 0.238. The number of hydrogen-bond donors (Lipinski definition) is 0. The predicted octanol–water partition coefficient (Wildman–Crippen LogP) is 5.53. The standard InChI is InChI=1S/C21H21BrN2O2S/c1-3-23(4-2)17-11-9-15(10-12-17)13-19-20(25)24(21(26)27-19)14-16-7-5-6-8-18(16)22/h5-13H,3-4,14H2,1-2H3/b19-13-. The maximum Gasteiger partial charge on any atom is 0.293 e. The van der Waals surface area contributed by atoms with Crippen LogP contribution in [-0.4, -0.2) is 29.1 Å². The van der Waals surface area contributed by atoms with E-state index >= 15 is 0 Å². The topological polar surface area (TPSA) is 40.6 Å². The zero-order chi connectivity index (χ0) is 19.4. The van der Waals surface area contributed by atoms with Gasteiger partial charge in [0.05, 0.1) is 11.4 Å². The number of nitrogens with zero attached hydrogens (tertiary/aromatic N) is 2. The van der Waals surface area contributed by atoms with Crippen molar-refractivity contribution < 1.29 is 9.59 Å². The van der Waals surface area contributed by atoms with Crippen molar-refractivity contribution in [3.05, 3.63) is 69.0 Å². The lowest BCUT2D eigenvalue weighted by Crippen LogP contribution is -2.27. The van der Waals surface area contributed by atoms with Gasteiger partial charge in [-0.25, -0.2) is 0 Å². The van der Waals surface area contributed by atoms with Crippen molar-refractivity contribution in [1.29, 1.82) is 0 Å². The molecule has 2 amide bonds. The van der Waals surface area contributed by atoms with Crippen molar-refractivity contribution in [2.45, 2.75) is 20.4 Å². The number of hydrogen-bond acceptors (Lipinski definition) is 4. The summed E-state index contributed by atoms with van der Waals surface area (Å²) in [5, 5.41) is -0.234. The second-order valence-corrected chi connectivity index (χ2v) is 7.97. The summed E-state index contributed by atoms with van der Waals surface area (Å²) in [6.07, 6.45) is 1.79. The molecule has 0 aliphatic carbocycles. The minimum atomic E-state index is -0.242. The van der Waals surface area contributed by atoms with Gasteiger partial charge in [0.25, 0.3) is 11.1 Å². The van der Waals surface area contributed by atoms with E-state index in [1.807, 2.05) is 48.5 Å². The van der Waals surface area contributed by atoms with Crippen LogP contribution in [0.25, 0.3) is 6.08 Å². The molecule has 0 radical (unpaired) electrons. The van der Waals surface area contributed by atoms with Crippen LogP contribution in [0.5, 0.6) is 0 Å². The Morgan fingerprint density at radius 1 is 1.04 bits per heavy atom. The van der Waals surface area contributed by atoms with Crippen molar-refractivity contribution in [3.63, 3.8) is 0 Å². The summed E-state index contributed by atoms with van der Waals surface area (Å²) in [5.41, 5.74) is 2.97. The summed E-state index contributed by atoms with van der Waals surface area (Å²) in [5.74, 6) is -0.242. The van der Waals surface area contributed by atoms with Gasteiger partial charge in [-0.15, -0.1) is 0 Å². The Labute approximate surface area is 172 Å².